The molecule has 0 saturated carbocycles. The molecule has 1 saturated heterocycles. The molecule has 1 atom stereocenters. The van der Waals surface area contributed by atoms with E-state index in [0.717, 1.165) is 48.8 Å². The maximum absolute atomic E-state index is 13.0. The van der Waals surface area contributed by atoms with Gasteiger partial charge in [-0.05, 0) is 29.7 Å². The third-order valence-electron chi connectivity index (χ3n) is 5.82. The van der Waals surface area contributed by atoms with Gasteiger partial charge in [0, 0.05) is 25.7 Å². The highest BCUT2D eigenvalue weighted by Gasteiger charge is 2.39. The van der Waals surface area contributed by atoms with Crippen molar-refractivity contribution in [2.45, 2.75) is 19.6 Å². The van der Waals surface area contributed by atoms with Crippen molar-refractivity contribution in [1.29, 1.82) is 0 Å². The monoisotopic (exact) mass is 411 g/mol. The molecule has 0 N–H and O–H groups in total. The highest BCUT2D eigenvalue weighted by atomic mass is 16.5. The molecular weight excluding hydrogens is 386 g/mol. The lowest BCUT2D eigenvalue weighted by molar-refractivity contribution is -0.120. The Hall–Kier alpha value is -3.44. The fourth-order valence-corrected chi connectivity index (χ4v) is 4.20. The van der Waals surface area contributed by atoms with Gasteiger partial charge in [-0.15, -0.1) is 0 Å². The third-order valence-corrected chi connectivity index (χ3v) is 5.82. The predicted molar refractivity (Wildman–Crippen MR) is 122 cm³/mol. The van der Waals surface area contributed by atoms with E-state index in [9.17, 15) is 4.79 Å². The van der Waals surface area contributed by atoms with Crippen molar-refractivity contribution in [1.82, 2.24) is 4.90 Å². The fraction of sp³-hybridized carbons (Fsp3) is 0.231. The predicted octanol–water partition coefficient (Wildman–Crippen LogP) is 4.49. The van der Waals surface area contributed by atoms with Crippen molar-refractivity contribution in [3.05, 3.63) is 96.1 Å². The van der Waals surface area contributed by atoms with Gasteiger partial charge in [-0.1, -0.05) is 66.7 Å². The van der Waals surface area contributed by atoms with E-state index in [0.29, 0.717) is 6.61 Å². The van der Waals surface area contributed by atoms with Gasteiger partial charge in [0.15, 0.2) is 0 Å². The molecule has 0 bridgehead atoms. The molecule has 2 aliphatic heterocycles. The highest BCUT2D eigenvalue weighted by Crippen LogP contribution is 2.31. The Morgan fingerprint density at radius 1 is 0.903 bits per heavy atom. The summed E-state index contributed by atoms with van der Waals surface area (Å²) in [6.07, 6.45) is 0.811. The van der Waals surface area contributed by atoms with E-state index in [1.807, 2.05) is 60.7 Å². The number of amides is 1. The van der Waals surface area contributed by atoms with Gasteiger partial charge in [0.05, 0.1) is 17.3 Å². The van der Waals surface area contributed by atoms with E-state index in [1.165, 1.54) is 5.56 Å². The Kier molecular flexibility index (Phi) is 5.50. The zero-order chi connectivity index (χ0) is 21.0. The summed E-state index contributed by atoms with van der Waals surface area (Å²) in [7, 11) is 0. The molecule has 5 rings (SSSR count). The molecule has 1 amide bonds. The lowest BCUT2D eigenvalue weighted by Gasteiger charge is -2.29. The lowest BCUT2D eigenvalue weighted by Crippen LogP contribution is -2.41. The van der Waals surface area contributed by atoms with Crippen molar-refractivity contribution in [3.8, 4) is 5.75 Å². The van der Waals surface area contributed by atoms with Crippen LogP contribution in [0.3, 0.4) is 0 Å². The van der Waals surface area contributed by atoms with Gasteiger partial charge < -0.3 is 4.74 Å². The number of hydrogen-bond acceptors (Lipinski definition) is 4. The van der Waals surface area contributed by atoms with Crippen molar-refractivity contribution >= 4 is 17.3 Å². The minimum Gasteiger partial charge on any atom is -0.489 e. The van der Waals surface area contributed by atoms with Crippen molar-refractivity contribution in [2.24, 2.45) is 11.0 Å². The maximum Gasteiger partial charge on any atom is 0.256 e. The fourth-order valence-electron chi connectivity index (χ4n) is 4.20. The Balaban J connectivity index is 1.28. The Morgan fingerprint density at radius 3 is 2.42 bits per heavy atom. The number of rotatable bonds is 6. The summed E-state index contributed by atoms with van der Waals surface area (Å²) < 4.78 is 5.93. The second-order valence-corrected chi connectivity index (χ2v) is 8.05. The number of carbonyl (C=O) groups is 1. The average molecular weight is 412 g/mol. The highest BCUT2D eigenvalue weighted by molar-refractivity contribution is 6.16. The molecule has 0 aromatic heterocycles. The van der Waals surface area contributed by atoms with Crippen LogP contribution < -0.4 is 9.75 Å². The summed E-state index contributed by atoms with van der Waals surface area (Å²) in [5.41, 5.74) is 4.11. The van der Waals surface area contributed by atoms with Crippen molar-refractivity contribution < 1.29 is 9.53 Å². The number of benzene rings is 3. The first-order valence-corrected chi connectivity index (χ1v) is 10.7. The molecule has 0 aliphatic carbocycles. The van der Waals surface area contributed by atoms with Crippen LogP contribution in [0.5, 0.6) is 5.75 Å². The summed E-state index contributed by atoms with van der Waals surface area (Å²) in [5.74, 6) is 0.686. The average Bonchev–Trinajstić information content (AvgIpc) is 3.15. The van der Waals surface area contributed by atoms with Crippen LogP contribution in [-0.2, 0) is 17.9 Å². The smallest absolute Gasteiger partial charge is 0.256 e. The molecule has 3 aromatic rings. The van der Waals surface area contributed by atoms with Crippen LogP contribution in [0.25, 0.3) is 0 Å². The molecule has 2 heterocycles. The van der Waals surface area contributed by atoms with Crippen LogP contribution in [0, 0.1) is 5.92 Å². The summed E-state index contributed by atoms with van der Waals surface area (Å²) in [6, 6.07) is 28.1. The molecule has 0 radical (unpaired) electrons. The van der Waals surface area contributed by atoms with Gasteiger partial charge in [0.25, 0.3) is 5.91 Å². The maximum atomic E-state index is 13.0. The van der Waals surface area contributed by atoms with E-state index < -0.39 is 0 Å². The minimum atomic E-state index is -0.110. The number of piperidine rings is 1. The van der Waals surface area contributed by atoms with Crippen molar-refractivity contribution in [2.75, 3.05) is 18.1 Å². The molecule has 5 nitrogen and oxygen atoms in total. The van der Waals surface area contributed by atoms with Crippen LogP contribution in [0.4, 0.5) is 5.69 Å². The first kappa shape index (κ1) is 19.5. The quantitative estimate of drug-likeness (QED) is 0.600. The molecule has 1 unspecified atom stereocenters. The van der Waals surface area contributed by atoms with E-state index in [-0.39, 0.29) is 11.8 Å². The third kappa shape index (κ3) is 4.37. The second-order valence-electron chi connectivity index (χ2n) is 8.05. The van der Waals surface area contributed by atoms with Gasteiger partial charge >= 0.3 is 0 Å². The number of carbonyl (C=O) groups excluding carboxylic acids is 1. The van der Waals surface area contributed by atoms with E-state index in [2.05, 4.69) is 29.2 Å². The number of hydrogen-bond donors (Lipinski definition) is 0. The number of hydrazone groups is 1. The largest absolute Gasteiger partial charge is 0.489 e. The molecule has 5 heteroatoms. The summed E-state index contributed by atoms with van der Waals surface area (Å²) in [4.78, 5) is 15.4. The molecule has 2 aliphatic rings. The first-order chi connectivity index (χ1) is 15.3. The molecular formula is C26H25N3O2. The van der Waals surface area contributed by atoms with Crippen LogP contribution >= 0.6 is 0 Å². The normalized spacial score (nSPS) is 18.6. The summed E-state index contributed by atoms with van der Waals surface area (Å²) in [5, 5.41) is 6.27. The standard InChI is InChI=1S/C26H25N3O2/c30-26-24-14-15-28(17-20-8-3-1-4-9-20)18-25(24)27-29(26)22-12-7-13-23(16-22)31-19-21-10-5-2-6-11-21/h1-13,16,24H,14-15,17-19H2. The van der Waals surface area contributed by atoms with Gasteiger partial charge in [-0.2, -0.15) is 5.10 Å². The lowest BCUT2D eigenvalue weighted by atomic mass is 9.94. The van der Waals surface area contributed by atoms with Crippen LogP contribution in [0.2, 0.25) is 0 Å². The minimum absolute atomic E-state index is 0.0644. The first-order valence-electron chi connectivity index (χ1n) is 10.7. The number of fused-ring (bicyclic) bond motifs is 1. The van der Waals surface area contributed by atoms with E-state index >= 15 is 0 Å². The van der Waals surface area contributed by atoms with Gasteiger partial charge in [-0.3, -0.25) is 9.69 Å². The Bertz CT molecular complexity index is 1080. The number of likely N-dealkylation sites (tertiary alicyclic amines) is 1. The SMILES string of the molecule is O=C1C2CCN(Cc3ccccc3)CC2=NN1c1cccc(OCc2ccccc2)c1. The van der Waals surface area contributed by atoms with Crippen molar-refractivity contribution in [3.63, 3.8) is 0 Å². The number of nitrogens with zero attached hydrogens (tertiary/aromatic N) is 3. The van der Waals surface area contributed by atoms with Gasteiger partial charge in [0.1, 0.15) is 12.4 Å². The Morgan fingerprint density at radius 2 is 1.65 bits per heavy atom. The van der Waals surface area contributed by atoms with E-state index in [1.54, 1.807) is 5.01 Å². The Labute approximate surface area is 182 Å². The zero-order valence-corrected chi connectivity index (χ0v) is 17.4. The summed E-state index contributed by atoms with van der Waals surface area (Å²) in [6.45, 7) is 3.00. The topological polar surface area (TPSA) is 45.1 Å². The molecule has 156 valence electrons. The van der Waals surface area contributed by atoms with Crippen LogP contribution in [-0.4, -0.2) is 29.6 Å². The molecule has 1 fully saturated rings. The molecule has 31 heavy (non-hydrogen) atoms. The molecule has 3 aromatic carbocycles. The number of anilines is 1. The van der Waals surface area contributed by atoms with Crippen LogP contribution in [0.1, 0.15) is 17.5 Å². The van der Waals surface area contributed by atoms with E-state index in [4.69, 9.17) is 9.84 Å². The second kappa shape index (κ2) is 8.74. The van der Waals surface area contributed by atoms with Gasteiger partial charge in [0.2, 0.25) is 0 Å². The van der Waals surface area contributed by atoms with Gasteiger partial charge in [-0.25, -0.2) is 5.01 Å². The molecule has 0 spiro atoms. The number of ether oxygens (including phenoxy) is 1. The summed E-state index contributed by atoms with van der Waals surface area (Å²) >= 11 is 0. The zero-order valence-electron chi connectivity index (χ0n) is 17.4. The van der Waals surface area contributed by atoms with Crippen LogP contribution in [0.15, 0.2) is 90.0 Å².